The number of aliphatic imine (C=N–C) groups is 1. The van der Waals surface area contributed by atoms with Gasteiger partial charge in [0.1, 0.15) is 0 Å². The molecule has 0 saturated heterocycles. The van der Waals surface area contributed by atoms with Gasteiger partial charge in [-0.25, -0.2) is 8.42 Å². The lowest BCUT2D eigenvalue weighted by Gasteiger charge is -2.21. The van der Waals surface area contributed by atoms with Gasteiger partial charge in [-0.05, 0) is 42.5 Å². The van der Waals surface area contributed by atoms with E-state index in [1.807, 2.05) is 30.5 Å². The van der Waals surface area contributed by atoms with Crippen molar-refractivity contribution in [1.82, 2.24) is 0 Å². The molecule has 30 heavy (non-hydrogen) atoms. The summed E-state index contributed by atoms with van der Waals surface area (Å²) in [6.07, 6.45) is 12.0. The van der Waals surface area contributed by atoms with Crippen LogP contribution in [0.2, 0.25) is 19.6 Å². The molecule has 0 amide bonds. The van der Waals surface area contributed by atoms with E-state index in [0.717, 1.165) is 29.0 Å². The third-order valence-electron chi connectivity index (χ3n) is 6.47. The molecule has 1 aliphatic heterocycles. The molecule has 0 radical (unpaired) electrons. The Morgan fingerprint density at radius 1 is 1.03 bits per heavy atom. The van der Waals surface area contributed by atoms with Crippen LogP contribution in [-0.4, -0.2) is 22.7 Å². The van der Waals surface area contributed by atoms with Gasteiger partial charge in [-0.3, -0.25) is 4.99 Å². The molecule has 1 aliphatic carbocycles. The minimum absolute atomic E-state index is 0.399. The highest BCUT2D eigenvalue weighted by atomic mass is 32.2. The number of fused-ring (bicyclic) bond motifs is 3. The van der Waals surface area contributed by atoms with E-state index >= 15 is 0 Å². The predicted molar refractivity (Wildman–Crippen MR) is 128 cm³/mol. The molecule has 0 atom stereocenters. The van der Waals surface area contributed by atoms with Crippen LogP contribution in [0.4, 0.5) is 0 Å². The highest BCUT2D eigenvalue weighted by Gasteiger charge is 2.32. The number of nitrogens with zero attached hydrogens (tertiary/aromatic N) is 1. The first-order chi connectivity index (χ1) is 14.3. The maximum absolute atomic E-state index is 12.7. The standard InChI is InChI=1S/C25H31NO2SSi/c1-30(2,3)21(14-12-19-8-4-5-9-19)18-26-17-20-13-15-25-23(16-20)22-10-6-7-11-24(22)29(25,27)28/h6-7,10-11,13,15-19H,4-5,8-9,12,14H2,1-3H3/b21-18+,26-17?. The van der Waals surface area contributed by atoms with Gasteiger partial charge in [0.15, 0.2) is 0 Å². The van der Waals surface area contributed by atoms with Crippen molar-refractivity contribution in [2.24, 2.45) is 10.9 Å². The van der Waals surface area contributed by atoms with Crippen LogP contribution in [0.25, 0.3) is 11.1 Å². The SMILES string of the molecule is C[Si](C)(C)/C(=C/N=Cc1ccc2c(c1)-c1ccccc1S2(=O)=O)CCC1CCCC1. The molecular formula is C25H31NO2SSi. The number of hydrogen-bond donors (Lipinski definition) is 0. The number of allylic oxidation sites excluding steroid dienone is 1. The number of rotatable bonds is 6. The first-order valence-corrected chi connectivity index (χ1v) is 16.0. The summed E-state index contributed by atoms with van der Waals surface area (Å²) in [6, 6.07) is 12.7. The second-order valence-corrected chi connectivity index (χ2v) is 16.7. The zero-order valence-corrected chi connectivity index (χ0v) is 20.0. The Morgan fingerprint density at radius 3 is 2.47 bits per heavy atom. The molecule has 0 spiro atoms. The molecule has 3 nitrogen and oxygen atoms in total. The van der Waals surface area contributed by atoms with E-state index in [0.29, 0.717) is 9.79 Å². The van der Waals surface area contributed by atoms with Crippen molar-refractivity contribution in [3.63, 3.8) is 0 Å². The summed E-state index contributed by atoms with van der Waals surface area (Å²) in [6.45, 7) is 7.17. The Kier molecular flexibility index (Phi) is 5.86. The summed E-state index contributed by atoms with van der Waals surface area (Å²) in [7, 11) is -4.81. The van der Waals surface area contributed by atoms with Gasteiger partial charge in [-0.15, -0.1) is 0 Å². The summed E-state index contributed by atoms with van der Waals surface area (Å²) >= 11 is 0. The van der Waals surface area contributed by atoms with Crippen molar-refractivity contribution in [2.75, 3.05) is 0 Å². The molecule has 5 heteroatoms. The molecule has 0 bridgehead atoms. The van der Waals surface area contributed by atoms with Gasteiger partial charge in [0.2, 0.25) is 9.84 Å². The second-order valence-electron chi connectivity index (χ2n) is 9.63. The van der Waals surface area contributed by atoms with Gasteiger partial charge >= 0.3 is 0 Å². The minimum atomic E-state index is -3.40. The highest BCUT2D eigenvalue weighted by Crippen LogP contribution is 2.43. The fraction of sp³-hybridized carbons (Fsp3) is 0.400. The third kappa shape index (κ3) is 4.23. The highest BCUT2D eigenvalue weighted by molar-refractivity contribution is 7.92. The smallest absolute Gasteiger partial charge is 0.207 e. The maximum atomic E-state index is 12.7. The topological polar surface area (TPSA) is 46.5 Å². The van der Waals surface area contributed by atoms with Gasteiger partial charge < -0.3 is 0 Å². The van der Waals surface area contributed by atoms with Crippen molar-refractivity contribution in [1.29, 1.82) is 0 Å². The Hall–Kier alpha value is -1.98. The molecule has 0 unspecified atom stereocenters. The van der Waals surface area contributed by atoms with Crippen LogP contribution in [0.5, 0.6) is 0 Å². The Balaban J connectivity index is 1.57. The van der Waals surface area contributed by atoms with Gasteiger partial charge in [0.05, 0.1) is 17.9 Å². The number of benzene rings is 2. The van der Waals surface area contributed by atoms with Gasteiger partial charge in [-0.2, -0.15) is 0 Å². The van der Waals surface area contributed by atoms with Crippen molar-refractivity contribution >= 4 is 24.1 Å². The zero-order chi connectivity index (χ0) is 21.4. The molecule has 4 rings (SSSR count). The number of sulfone groups is 1. The molecule has 2 aromatic carbocycles. The third-order valence-corrected chi connectivity index (χ3v) is 10.6. The van der Waals surface area contributed by atoms with Crippen molar-refractivity contribution < 1.29 is 8.42 Å². The molecule has 2 aromatic rings. The molecule has 2 aliphatic rings. The first kappa shape index (κ1) is 21.3. The van der Waals surface area contributed by atoms with Crippen LogP contribution >= 0.6 is 0 Å². The fourth-order valence-corrected chi connectivity index (χ4v) is 7.64. The van der Waals surface area contributed by atoms with Gasteiger partial charge in [0, 0.05) is 23.5 Å². The second kappa shape index (κ2) is 8.27. The molecule has 0 N–H and O–H groups in total. The van der Waals surface area contributed by atoms with Crippen LogP contribution in [0.1, 0.15) is 44.1 Å². The lowest BCUT2D eigenvalue weighted by atomic mass is 10.0. The Morgan fingerprint density at radius 2 is 1.73 bits per heavy atom. The molecule has 0 aromatic heterocycles. The van der Waals surface area contributed by atoms with Crippen molar-refractivity contribution in [3.8, 4) is 11.1 Å². The molecule has 1 saturated carbocycles. The average Bonchev–Trinajstić information content (AvgIpc) is 3.29. The van der Waals surface area contributed by atoms with E-state index < -0.39 is 17.9 Å². The lowest BCUT2D eigenvalue weighted by Crippen LogP contribution is -2.24. The summed E-state index contributed by atoms with van der Waals surface area (Å²) < 4.78 is 25.5. The van der Waals surface area contributed by atoms with Gasteiger partial charge in [0.25, 0.3) is 0 Å². The lowest BCUT2D eigenvalue weighted by molar-refractivity contribution is 0.506. The summed E-state index contributed by atoms with van der Waals surface area (Å²) in [5.41, 5.74) is 2.51. The normalized spacial score (nSPS) is 18.7. The fourth-order valence-electron chi connectivity index (χ4n) is 4.62. The molecule has 1 fully saturated rings. The monoisotopic (exact) mass is 437 g/mol. The summed E-state index contributed by atoms with van der Waals surface area (Å²) in [4.78, 5) is 5.47. The molecular weight excluding hydrogens is 406 g/mol. The van der Waals surface area contributed by atoms with E-state index in [9.17, 15) is 8.42 Å². The average molecular weight is 438 g/mol. The first-order valence-electron chi connectivity index (χ1n) is 11.0. The van der Waals surface area contributed by atoms with Crippen LogP contribution in [0.15, 0.2) is 68.6 Å². The van der Waals surface area contributed by atoms with Crippen LogP contribution in [0.3, 0.4) is 0 Å². The van der Waals surface area contributed by atoms with E-state index in [1.165, 1.54) is 37.3 Å². The molecule has 158 valence electrons. The van der Waals surface area contributed by atoms with E-state index in [-0.39, 0.29) is 0 Å². The minimum Gasteiger partial charge on any atom is -0.265 e. The largest absolute Gasteiger partial charge is 0.265 e. The quantitative estimate of drug-likeness (QED) is 0.320. The van der Waals surface area contributed by atoms with Crippen LogP contribution in [0, 0.1) is 5.92 Å². The number of hydrogen-bond acceptors (Lipinski definition) is 3. The molecule has 1 heterocycles. The Labute approximate surface area is 181 Å². The van der Waals surface area contributed by atoms with Crippen LogP contribution < -0.4 is 0 Å². The van der Waals surface area contributed by atoms with Crippen molar-refractivity contribution in [2.45, 2.75) is 68.0 Å². The van der Waals surface area contributed by atoms with Crippen LogP contribution in [-0.2, 0) is 9.84 Å². The maximum Gasteiger partial charge on any atom is 0.207 e. The van der Waals surface area contributed by atoms with E-state index in [4.69, 9.17) is 0 Å². The van der Waals surface area contributed by atoms with E-state index in [1.54, 1.807) is 18.2 Å². The van der Waals surface area contributed by atoms with Crippen molar-refractivity contribution in [3.05, 3.63) is 59.4 Å². The predicted octanol–water partition coefficient (Wildman–Crippen LogP) is 6.65. The zero-order valence-electron chi connectivity index (χ0n) is 18.2. The Bertz CT molecular complexity index is 1100. The summed E-state index contributed by atoms with van der Waals surface area (Å²) in [5, 5.41) is 1.51. The summed E-state index contributed by atoms with van der Waals surface area (Å²) in [5.74, 6) is 0.896. The van der Waals surface area contributed by atoms with E-state index in [2.05, 4.69) is 30.8 Å². The van der Waals surface area contributed by atoms with Gasteiger partial charge in [-0.1, -0.05) is 74.8 Å².